The van der Waals surface area contributed by atoms with Crippen molar-refractivity contribution >= 4 is 21.4 Å². The fraction of sp³-hybridized carbons (Fsp3) is 0.188. The first-order valence-electron chi connectivity index (χ1n) is 13.1. The Morgan fingerprint density at radius 2 is 1.55 bits per heavy atom. The van der Waals surface area contributed by atoms with E-state index in [0.717, 1.165) is 34.7 Å². The van der Waals surface area contributed by atoms with Crippen LogP contribution in [0.15, 0.2) is 108 Å². The van der Waals surface area contributed by atoms with Gasteiger partial charge < -0.3 is 19.5 Å². The second-order valence-corrected chi connectivity index (χ2v) is 11.6. The minimum Gasteiger partial charge on any atom is -0.497 e. The van der Waals surface area contributed by atoms with Crippen LogP contribution in [0, 0.1) is 5.92 Å². The van der Waals surface area contributed by atoms with Gasteiger partial charge in [-0.25, -0.2) is 8.42 Å². The molecule has 2 aliphatic rings. The number of benzene rings is 4. The number of rotatable bonds is 8. The van der Waals surface area contributed by atoms with Crippen LogP contribution in [0.3, 0.4) is 0 Å². The Morgan fingerprint density at radius 1 is 0.800 bits per heavy atom. The largest absolute Gasteiger partial charge is 0.497 e. The molecule has 1 aliphatic carbocycles. The summed E-state index contributed by atoms with van der Waals surface area (Å²) in [7, 11) is -0.512. The van der Waals surface area contributed by atoms with Crippen molar-refractivity contribution in [1.82, 2.24) is 0 Å². The molecule has 4 aromatic carbocycles. The molecule has 6 rings (SSSR count). The van der Waals surface area contributed by atoms with Crippen LogP contribution in [0.5, 0.6) is 23.0 Å². The Kier molecular flexibility index (Phi) is 6.86. The normalized spacial score (nSPS) is 19.2. The quantitative estimate of drug-likeness (QED) is 0.226. The molecule has 0 radical (unpaired) electrons. The fourth-order valence-corrected chi connectivity index (χ4v) is 6.65. The molecule has 40 heavy (non-hydrogen) atoms. The van der Waals surface area contributed by atoms with Crippen LogP contribution >= 0.6 is 0 Å². The number of fused-ring (bicyclic) bond motifs is 3. The summed E-state index contributed by atoms with van der Waals surface area (Å²) in [6, 6.07) is 27.4. The molecule has 0 unspecified atom stereocenters. The Hall–Kier alpha value is -4.43. The number of para-hydroxylation sites is 1. The second-order valence-electron chi connectivity index (χ2n) is 9.88. The van der Waals surface area contributed by atoms with Crippen LogP contribution in [-0.2, 0) is 10.0 Å². The van der Waals surface area contributed by atoms with E-state index in [1.165, 1.54) is 0 Å². The maximum atomic E-state index is 13.4. The molecule has 204 valence electrons. The molecule has 7 nitrogen and oxygen atoms in total. The highest BCUT2D eigenvalue weighted by Crippen LogP contribution is 2.51. The van der Waals surface area contributed by atoms with Gasteiger partial charge in [-0.2, -0.15) is 0 Å². The van der Waals surface area contributed by atoms with E-state index in [1.807, 2.05) is 54.6 Å². The number of sulfonamides is 1. The van der Waals surface area contributed by atoms with E-state index in [9.17, 15) is 8.42 Å². The van der Waals surface area contributed by atoms with Crippen molar-refractivity contribution in [1.29, 1.82) is 0 Å². The van der Waals surface area contributed by atoms with E-state index in [2.05, 4.69) is 22.2 Å². The van der Waals surface area contributed by atoms with E-state index in [4.69, 9.17) is 14.2 Å². The summed E-state index contributed by atoms with van der Waals surface area (Å²) in [6.45, 7) is 0. The van der Waals surface area contributed by atoms with Crippen LogP contribution in [-0.4, -0.2) is 22.6 Å². The lowest BCUT2D eigenvalue weighted by Gasteiger charge is -2.38. The number of hydrogen-bond acceptors (Lipinski definition) is 6. The van der Waals surface area contributed by atoms with Crippen molar-refractivity contribution in [3.05, 3.63) is 114 Å². The van der Waals surface area contributed by atoms with Crippen molar-refractivity contribution in [2.75, 3.05) is 24.3 Å². The van der Waals surface area contributed by atoms with E-state index >= 15 is 0 Å². The third-order valence-corrected chi connectivity index (χ3v) is 8.88. The maximum Gasteiger partial charge on any atom is 0.261 e. The molecule has 4 aromatic rings. The van der Waals surface area contributed by atoms with Gasteiger partial charge in [-0.1, -0.05) is 30.4 Å². The first-order valence-corrected chi connectivity index (χ1v) is 14.6. The van der Waals surface area contributed by atoms with E-state index < -0.39 is 10.0 Å². The Labute approximate surface area is 234 Å². The minimum absolute atomic E-state index is 0.00515. The molecule has 0 amide bonds. The summed E-state index contributed by atoms with van der Waals surface area (Å²) in [5.74, 6) is 3.13. The van der Waals surface area contributed by atoms with Gasteiger partial charge in [-0.05, 0) is 84.6 Å². The molecule has 0 fully saturated rings. The predicted octanol–water partition coefficient (Wildman–Crippen LogP) is 7.12. The Morgan fingerprint density at radius 3 is 2.30 bits per heavy atom. The monoisotopic (exact) mass is 554 g/mol. The average Bonchev–Trinajstić information content (AvgIpc) is 3.48. The van der Waals surface area contributed by atoms with Gasteiger partial charge in [0.15, 0.2) is 0 Å². The number of allylic oxidation sites excluding steroid dienone is 2. The molecular formula is C32H30N2O5S. The van der Waals surface area contributed by atoms with Gasteiger partial charge in [-0.15, -0.1) is 0 Å². The zero-order chi connectivity index (χ0) is 27.7. The van der Waals surface area contributed by atoms with Crippen LogP contribution in [0.4, 0.5) is 11.4 Å². The zero-order valence-corrected chi connectivity index (χ0v) is 23.0. The number of ether oxygens (including phenoxy) is 3. The lowest BCUT2D eigenvalue weighted by molar-refractivity contribution is 0.372. The summed E-state index contributed by atoms with van der Waals surface area (Å²) in [4.78, 5) is 0.220. The van der Waals surface area contributed by atoms with Crippen LogP contribution in [0.25, 0.3) is 0 Å². The standard InChI is InChI=1S/C32H30N2O5S/c1-37-24-15-17-28(31(19-24)38-2)32-27-10-6-9-26(27)29-20-25(16-18-30(29)33-32)40(35,36)34-21-11-13-23(14-12-21)39-22-7-4-3-5-8-22/h3-9,11-20,26-27,32-34H,10H2,1-2H3/t26-,27+,32-/m0/s1. The van der Waals surface area contributed by atoms with Gasteiger partial charge in [0.1, 0.15) is 23.0 Å². The number of methoxy groups -OCH3 is 2. The molecule has 1 aliphatic heterocycles. The predicted molar refractivity (Wildman–Crippen MR) is 156 cm³/mol. The second kappa shape index (κ2) is 10.6. The highest BCUT2D eigenvalue weighted by molar-refractivity contribution is 7.92. The van der Waals surface area contributed by atoms with Crippen LogP contribution in [0.1, 0.15) is 29.5 Å². The Bertz CT molecular complexity index is 1650. The topological polar surface area (TPSA) is 85.9 Å². The molecule has 0 spiro atoms. The van der Waals surface area contributed by atoms with Crippen molar-refractivity contribution in [3.63, 3.8) is 0 Å². The lowest BCUT2D eigenvalue weighted by Crippen LogP contribution is -2.29. The van der Waals surface area contributed by atoms with Gasteiger partial charge in [0, 0.05) is 28.9 Å². The zero-order valence-electron chi connectivity index (χ0n) is 22.2. The van der Waals surface area contributed by atoms with Gasteiger partial charge in [0.2, 0.25) is 0 Å². The molecule has 3 atom stereocenters. The molecule has 0 aromatic heterocycles. The number of nitrogens with one attached hydrogen (secondary N) is 2. The summed E-state index contributed by atoms with van der Waals surface area (Å²) in [5.41, 5.74) is 3.39. The Balaban J connectivity index is 1.24. The molecule has 1 heterocycles. The molecule has 0 saturated carbocycles. The summed E-state index contributed by atoms with van der Waals surface area (Å²) < 4.78 is 46.3. The third kappa shape index (κ3) is 4.98. The van der Waals surface area contributed by atoms with E-state index in [1.54, 1.807) is 50.6 Å². The van der Waals surface area contributed by atoms with E-state index in [0.29, 0.717) is 17.2 Å². The maximum absolute atomic E-state index is 13.4. The highest BCUT2D eigenvalue weighted by atomic mass is 32.2. The fourth-order valence-electron chi connectivity index (χ4n) is 5.55. The summed E-state index contributed by atoms with van der Waals surface area (Å²) >= 11 is 0. The smallest absolute Gasteiger partial charge is 0.261 e. The number of hydrogen-bond donors (Lipinski definition) is 2. The van der Waals surface area contributed by atoms with Gasteiger partial charge in [0.05, 0.1) is 25.2 Å². The molecular weight excluding hydrogens is 524 g/mol. The van der Waals surface area contributed by atoms with Gasteiger partial charge in [0.25, 0.3) is 10.0 Å². The number of anilines is 2. The van der Waals surface area contributed by atoms with Crippen molar-refractivity contribution in [2.45, 2.75) is 23.3 Å². The van der Waals surface area contributed by atoms with Gasteiger partial charge in [-0.3, -0.25) is 4.72 Å². The van der Waals surface area contributed by atoms with E-state index in [-0.39, 0.29) is 22.8 Å². The van der Waals surface area contributed by atoms with Crippen molar-refractivity contribution in [2.24, 2.45) is 5.92 Å². The molecule has 0 saturated heterocycles. The first kappa shape index (κ1) is 25.8. The van der Waals surface area contributed by atoms with Crippen LogP contribution in [0.2, 0.25) is 0 Å². The average molecular weight is 555 g/mol. The van der Waals surface area contributed by atoms with Crippen LogP contribution < -0.4 is 24.2 Å². The van der Waals surface area contributed by atoms with Gasteiger partial charge >= 0.3 is 0 Å². The molecule has 0 bridgehead atoms. The summed E-state index contributed by atoms with van der Waals surface area (Å²) in [5, 5.41) is 3.66. The summed E-state index contributed by atoms with van der Waals surface area (Å²) in [6.07, 6.45) is 5.24. The minimum atomic E-state index is -3.81. The molecule has 8 heteroatoms. The highest BCUT2D eigenvalue weighted by Gasteiger charge is 2.39. The SMILES string of the molecule is COc1ccc([C@H]2Nc3ccc(S(=O)(=O)Nc4ccc(Oc5ccccc5)cc4)cc3[C@H]3C=CC[C@H]32)c(OC)c1. The third-order valence-electron chi connectivity index (χ3n) is 7.51. The lowest BCUT2D eigenvalue weighted by atomic mass is 9.77. The van der Waals surface area contributed by atoms with Crippen molar-refractivity contribution in [3.8, 4) is 23.0 Å². The van der Waals surface area contributed by atoms with Crippen molar-refractivity contribution < 1.29 is 22.6 Å². The molecule has 2 N–H and O–H groups in total. The first-order chi connectivity index (χ1) is 19.4.